The van der Waals surface area contributed by atoms with Crippen LogP contribution in [0.4, 0.5) is 0 Å². The van der Waals surface area contributed by atoms with Crippen molar-refractivity contribution < 1.29 is 19.7 Å². The van der Waals surface area contributed by atoms with Gasteiger partial charge in [-0.25, -0.2) is 4.98 Å². The summed E-state index contributed by atoms with van der Waals surface area (Å²) in [4.78, 5) is 4.12. The van der Waals surface area contributed by atoms with Crippen LogP contribution in [0.5, 0.6) is 0 Å². The van der Waals surface area contributed by atoms with E-state index < -0.39 is 24.9 Å². The van der Waals surface area contributed by atoms with Crippen LogP contribution in [0.3, 0.4) is 0 Å². The Bertz CT molecular complexity index is 810. The molecule has 6 heteroatoms. The lowest BCUT2D eigenvalue weighted by atomic mass is 9.91. The molecule has 0 fully saturated rings. The monoisotopic (exact) mass is 354 g/mol. The lowest BCUT2D eigenvalue weighted by molar-refractivity contribution is 0.0618. The van der Waals surface area contributed by atoms with Crippen LogP contribution in [-0.4, -0.2) is 39.1 Å². The third-order valence-electron chi connectivity index (χ3n) is 4.47. The number of aliphatic hydroxyl groups is 3. The lowest BCUT2D eigenvalue weighted by Crippen LogP contribution is -2.48. The molecule has 5 N–H and O–H groups in total. The SMILES string of the molecule is NC(CO)(CO)CC(O)c1ccc(-c2ccc(-c3cocn3)cc2)cc1. The normalized spacial score (nSPS) is 12.9. The third kappa shape index (κ3) is 4.00. The molecule has 3 aromatic rings. The van der Waals surface area contributed by atoms with Crippen molar-refractivity contribution in [3.63, 3.8) is 0 Å². The zero-order valence-electron chi connectivity index (χ0n) is 14.2. The molecule has 0 radical (unpaired) electrons. The summed E-state index contributed by atoms with van der Waals surface area (Å²) in [7, 11) is 0. The van der Waals surface area contributed by atoms with E-state index in [-0.39, 0.29) is 6.42 Å². The van der Waals surface area contributed by atoms with Crippen molar-refractivity contribution in [3.8, 4) is 22.4 Å². The molecular formula is C20H22N2O4. The molecule has 3 rings (SSSR count). The molecule has 0 saturated heterocycles. The second kappa shape index (κ2) is 7.80. The Morgan fingerprint density at radius 3 is 1.96 bits per heavy atom. The third-order valence-corrected chi connectivity index (χ3v) is 4.47. The Labute approximate surface area is 151 Å². The highest BCUT2D eigenvalue weighted by Crippen LogP contribution is 2.27. The predicted octanol–water partition coefficient (Wildman–Crippen LogP) is 2.11. The first kappa shape index (κ1) is 18.3. The first-order valence-corrected chi connectivity index (χ1v) is 8.32. The number of nitrogens with two attached hydrogens (primary N) is 1. The van der Waals surface area contributed by atoms with Crippen molar-refractivity contribution in [2.75, 3.05) is 13.2 Å². The summed E-state index contributed by atoms with van der Waals surface area (Å²) in [6.07, 6.45) is 2.22. The number of benzene rings is 2. The largest absolute Gasteiger partial charge is 0.451 e. The molecule has 0 saturated carbocycles. The van der Waals surface area contributed by atoms with E-state index in [1.54, 1.807) is 6.26 Å². The van der Waals surface area contributed by atoms with Gasteiger partial charge in [0.2, 0.25) is 0 Å². The Morgan fingerprint density at radius 1 is 0.923 bits per heavy atom. The Hall–Kier alpha value is -2.51. The molecule has 1 unspecified atom stereocenters. The number of oxazole rings is 1. The van der Waals surface area contributed by atoms with Crippen molar-refractivity contribution in [2.24, 2.45) is 5.73 Å². The highest BCUT2D eigenvalue weighted by molar-refractivity contribution is 5.68. The number of rotatable bonds is 7. The predicted molar refractivity (Wildman–Crippen MR) is 98.0 cm³/mol. The molecule has 1 heterocycles. The van der Waals surface area contributed by atoms with Gasteiger partial charge in [0.25, 0.3) is 0 Å². The van der Waals surface area contributed by atoms with Gasteiger partial charge in [0.15, 0.2) is 6.39 Å². The Kier molecular flexibility index (Phi) is 5.49. The van der Waals surface area contributed by atoms with E-state index in [0.29, 0.717) is 5.56 Å². The molecule has 6 nitrogen and oxygen atoms in total. The van der Waals surface area contributed by atoms with Gasteiger partial charge in [-0.1, -0.05) is 48.5 Å². The molecule has 136 valence electrons. The Balaban J connectivity index is 1.73. The molecule has 0 aliphatic heterocycles. The number of aliphatic hydroxyl groups excluding tert-OH is 3. The van der Waals surface area contributed by atoms with Crippen LogP contribution in [-0.2, 0) is 0 Å². The lowest BCUT2D eigenvalue weighted by Gasteiger charge is -2.27. The maximum absolute atomic E-state index is 10.3. The van der Waals surface area contributed by atoms with Crippen LogP contribution in [0.15, 0.2) is 65.6 Å². The van der Waals surface area contributed by atoms with Gasteiger partial charge in [0, 0.05) is 5.56 Å². The topological polar surface area (TPSA) is 113 Å². The van der Waals surface area contributed by atoms with Gasteiger partial charge in [-0.3, -0.25) is 0 Å². The van der Waals surface area contributed by atoms with Crippen LogP contribution < -0.4 is 5.73 Å². The van der Waals surface area contributed by atoms with Gasteiger partial charge in [-0.15, -0.1) is 0 Å². The highest BCUT2D eigenvalue weighted by Gasteiger charge is 2.27. The molecule has 1 atom stereocenters. The standard InChI is InChI=1S/C20H22N2O4/c21-20(11-23,12-24)9-19(25)17-7-3-15(4-8-17)14-1-5-16(6-2-14)18-10-26-13-22-18/h1-8,10,13,19,23-25H,9,11-12,21H2. The quantitative estimate of drug-likeness (QED) is 0.517. The molecule has 0 bridgehead atoms. The van der Waals surface area contributed by atoms with Gasteiger partial charge in [-0.05, 0) is 23.1 Å². The van der Waals surface area contributed by atoms with Crippen molar-refractivity contribution in [1.82, 2.24) is 4.98 Å². The highest BCUT2D eigenvalue weighted by atomic mass is 16.3. The first-order valence-electron chi connectivity index (χ1n) is 8.32. The van der Waals surface area contributed by atoms with Gasteiger partial charge < -0.3 is 25.5 Å². The van der Waals surface area contributed by atoms with E-state index in [2.05, 4.69) is 4.98 Å². The maximum atomic E-state index is 10.3. The minimum atomic E-state index is -1.20. The second-order valence-electron chi connectivity index (χ2n) is 6.47. The fraction of sp³-hybridized carbons (Fsp3) is 0.250. The molecule has 2 aromatic carbocycles. The number of hydrogen-bond acceptors (Lipinski definition) is 6. The summed E-state index contributed by atoms with van der Waals surface area (Å²) in [6.45, 7) is -0.785. The van der Waals surface area contributed by atoms with Crippen LogP contribution in [0.25, 0.3) is 22.4 Å². The smallest absolute Gasteiger partial charge is 0.181 e. The molecule has 0 aliphatic carbocycles. The summed E-state index contributed by atoms with van der Waals surface area (Å²) in [6, 6.07) is 15.4. The molecule has 1 aromatic heterocycles. The van der Waals surface area contributed by atoms with Crippen LogP contribution in [0.1, 0.15) is 18.1 Å². The zero-order valence-corrected chi connectivity index (χ0v) is 14.2. The second-order valence-corrected chi connectivity index (χ2v) is 6.47. The fourth-order valence-corrected chi connectivity index (χ4v) is 2.77. The fourth-order valence-electron chi connectivity index (χ4n) is 2.77. The minimum absolute atomic E-state index is 0.0751. The van der Waals surface area contributed by atoms with Crippen LogP contribution >= 0.6 is 0 Å². The van der Waals surface area contributed by atoms with Crippen LogP contribution in [0.2, 0.25) is 0 Å². The molecule has 26 heavy (non-hydrogen) atoms. The van der Waals surface area contributed by atoms with Crippen molar-refractivity contribution in [1.29, 1.82) is 0 Å². The summed E-state index contributed by atoms with van der Waals surface area (Å²) in [5.41, 5.74) is 9.13. The molecular weight excluding hydrogens is 332 g/mol. The summed E-state index contributed by atoms with van der Waals surface area (Å²) in [5.74, 6) is 0. The van der Waals surface area contributed by atoms with Crippen molar-refractivity contribution in [2.45, 2.75) is 18.1 Å². The first-order chi connectivity index (χ1) is 12.5. The van der Waals surface area contributed by atoms with E-state index in [9.17, 15) is 15.3 Å². The van der Waals surface area contributed by atoms with E-state index in [1.807, 2.05) is 48.5 Å². The molecule has 0 amide bonds. The minimum Gasteiger partial charge on any atom is -0.451 e. The average molecular weight is 354 g/mol. The van der Waals surface area contributed by atoms with Gasteiger partial charge >= 0.3 is 0 Å². The van der Waals surface area contributed by atoms with Gasteiger partial charge in [-0.2, -0.15) is 0 Å². The number of aromatic nitrogens is 1. The number of nitrogens with zero attached hydrogens (tertiary/aromatic N) is 1. The molecule has 0 aliphatic rings. The zero-order chi connectivity index (χ0) is 18.6. The number of hydrogen-bond donors (Lipinski definition) is 4. The van der Waals surface area contributed by atoms with Gasteiger partial charge in [0.1, 0.15) is 12.0 Å². The average Bonchev–Trinajstić information content (AvgIpc) is 3.23. The Morgan fingerprint density at radius 2 is 1.46 bits per heavy atom. The van der Waals surface area contributed by atoms with E-state index in [0.717, 1.165) is 22.4 Å². The van der Waals surface area contributed by atoms with E-state index >= 15 is 0 Å². The van der Waals surface area contributed by atoms with Crippen molar-refractivity contribution in [3.05, 3.63) is 66.8 Å². The van der Waals surface area contributed by atoms with Crippen LogP contribution in [0, 0.1) is 0 Å². The van der Waals surface area contributed by atoms with E-state index in [4.69, 9.17) is 10.2 Å². The summed E-state index contributed by atoms with van der Waals surface area (Å²) < 4.78 is 5.00. The van der Waals surface area contributed by atoms with Gasteiger partial charge in [0.05, 0.1) is 24.9 Å². The van der Waals surface area contributed by atoms with Crippen molar-refractivity contribution >= 4 is 0 Å². The summed E-state index contributed by atoms with van der Waals surface area (Å²) >= 11 is 0. The van der Waals surface area contributed by atoms with E-state index in [1.165, 1.54) is 6.39 Å². The maximum Gasteiger partial charge on any atom is 0.181 e. The molecule has 0 spiro atoms. The summed E-state index contributed by atoms with van der Waals surface area (Å²) in [5, 5.41) is 28.8.